The lowest BCUT2D eigenvalue weighted by molar-refractivity contribution is 0.306. The fourth-order valence-electron chi connectivity index (χ4n) is 2.77. The first-order chi connectivity index (χ1) is 13.7. The Balaban J connectivity index is 1.41. The van der Waals surface area contributed by atoms with E-state index in [0.717, 1.165) is 26.9 Å². The molecule has 0 bridgehead atoms. The van der Waals surface area contributed by atoms with Crippen LogP contribution >= 0.6 is 15.9 Å². The summed E-state index contributed by atoms with van der Waals surface area (Å²) < 4.78 is 8.44. The van der Waals surface area contributed by atoms with Gasteiger partial charge >= 0.3 is 0 Å². The third kappa shape index (κ3) is 4.37. The van der Waals surface area contributed by atoms with Gasteiger partial charge in [-0.15, -0.1) is 5.10 Å². The van der Waals surface area contributed by atoms with Crippen molar-refractivity contribution >= 4 is 21.7 Å². The van der Waals surface area contributed by atoms with Gasteiger partial charge in [0.1, 0.15) is 23.9 Å². The maximum Gasteiger partial charge on any atom is 0.133 e. The van der Waals surface area contributed by atoms with E-state index >= 15 is 0 Å². The van der Waals surface area contributed by atoms with Gasteiger partial charge in [0.15, 0.2) is 0 Å². The van der Waals surface area contributed by atoms with Gasteiger partial charge in [-0.25, -0.2) is 9.67 Å². The summed E-state index contributed by atoms with van der Waals surface area (Å²) in [4.78, 5) is 4.14. The zero-order valence-electron chi connectivity index (χ0n) is 15.0. The molecule has 0 atom stereocenters. The van der Waals surface area contributed by atoms with E-state index in [0.29, 0.717) is 24.7 Å². The molecule has 28 heavy (non-hydrogen) atoms. The molecule has 0 spiro atoms. The molecule has 0 radical (unpaired) electrons. The van der Waals surface area contributed by atoms with E-state index < -0.39 is 0 Å². The van der Waals surface area contributed by atoms with E-state index in [4.69, 9.17) is 10.5 Å². The lowest BCUT2D eigenvalue weighted by Crippen LogP contribution is -2.00. The Bertz CT molecular complexity index is 1060. The molecule has 0 aliphatic rings. The Morgan fingerprint density at radius 1 is 1.00 bits per heavy atom. The molecule has 2 aromatic heterocycles. The molecule has 6 nitrogen and oxygen atoms in total. The number of rotatable bonds is 6. The summed E-state index contributed by atoms with van der Waals surface area (Å²) in [5.41, 5.74) is 9.63. The zero-order chi connectivity index (χ0) is 19.3. The molecule has 2 N–H and O–H groups in total. The highest BCUT2D eigenvalue weighted by Crippen LogP contribution is 2.25. The fourth-order valence-corrected chi connectivity index (χ4v) is 3.10. The molecule has 0 unspecified atom stereocenters. The third-order valence-corrected chi connectivity index (χ3v) is 4.65. The number of anilines is 1. The highest BCUT2D eigenvalue weighted by Gasteiger charge is 2.10. The Kier molecular flexibility index (Phi) is 5.34. The Labute approximate surface area is 171 Å². The standard InChI is InChI=1S/C21H18BrN5O/c22-17-10-19(21(23)24-11-17)20-13-27(26-25-20)12-15-6-8-18(9-7-15)28-14-16-4-2-1-3-5-16/h1-11,13H,12,14H2,(H2,23,24). The number of pyridine rings is 1. The van der Waals surface area contributed by atoms with Crippen LogP contribution in [0.1, 0.15) is 11.1 Å². The third-order valence-electron chi connectivity index (χ3n) is 4.22. The number of hydrogen-bond donors (Lipinski definition) is 1. The normalized spacial score (nSPS) is 10.8. The van der Waals surface area contributed by atoms with Crippen molar-refractivity contribution in [1.29, 1.82) is 0 Å². The molecular formula is C21H18BrN5O. The van der Waals surface area contributed by atoms with Gasteiger partial charge in [0.25, 0.3) is 0 Å². The van der Waals surface area contributed by atoms with E-state index in [1.54, 1.807) is 10.9 Å². The van der Waals surface area contributed by atoms with E-state index in [-0.39, 0.29) is 0 Å². The summed E-state index contributed by atoms with van der Waals surface area (Å²) in [5, 5.41) is 8.41. The van der Waals surface area contributed by atoms with Crippen LogP contribution in [0.4, 0.5) is 5.82 Å². The summed E-state index contributed by atoms with van der Waals surface area (Å²) in [6, 6.07) is 20.0. The SMILES string of the molecule is Nc1ncc(Br)cc1-c1cn(Cc2ccc(OCc3ccccc3)cc2)nn1. The maximum absolute atomic E-state index is 5.95. The molecule has 0 amide bonds. The average Bonchev–Trinajstić information content (AvgIpc) is 3.18. The lowest BCUT2D eigenvalue weighted by Gasteiger charge is -2.07. The van der Waals surface area contributed by atoms with Crippen LogP contribution in [0.15, 0.2) is 77.5 Å². The summed E-state index contributed by atoms with van der Waals surface area (Å²) >= 11 is 3.40. The number of nitrogens with two attached hydrogens (primary N) is 1. The van der Waals surface area contributed by atoms with Crippen molar-refractivity contribution < 1.29 is 4.74 Å². The number of nitrogens with zero attached hydrogens (tertiary/aromatic N) is 4. The average molecular weight is 436 g/mol. The van der Waals surface area contributed by atoms with Gasteiger partial charge < -0.3 is 10.5 Å². The monoisotopic (exact) mass is 435 g/mol. The molecule has 0 saturated heterocycles. The van der Waals surface area contributed by atoms with Crippen molar-refractivity contribution in [1.82, 2.24) is 20.0 Å². The van der Waals surface area contributed by atoms with E-state index in [2.05, 4.69) is 31.2 Å². The maximum atomic E-state index is 5.95. The second-order valence-corrected chi connectivity index (χ2v) is 7.22. The van der Waals surface area contributed by atoms with Crippen molar-refractivity contribution in [3.05, 3.63) is 88.7 Å². The van der Waals surface area contributed by atoms with Crippen molar-refractivity contribution in [3.63, 3.8) is 0 Å². The minimum absolute atomic E-state index is 0.426. The Morgan fingerprint density at radius 3 is 2.57 bits per heavy atom. The Morgan fingerprint density at radius 2 is 1.79 bits per heavy atom. The van der Waals surface area contributed by atoms with Crippen molar-refractivity contribution in [2.75, 3.05) is 5.73 Å². The first-order valence-electron chi connectivity index (χ1n) is 8.74. The first kappa shape index (κ1) is 18.2. The Hall–Kier alpha value is -3.19. The van der Waals surface area contributed by atoms with Crippen LogP contribution in [0, 0.1) is 0 Å². The molecule has 0 saturated carbocycles. The molecule has 4 aromatic rings. The minimum Gasteiger partial charge on any atom is -0.489 e. The predicted molar refractivity (Wildman–Crippen MR) is 112 cm³/mol. The number of hydrogen-bond acceptors (Lipinski definition) is 5. The summed E-state index contributed by atoms with van der Waals surface area (Å²) in [7, 11) is 0. The van der Waals surface area contributed by atoms with Crippen molar-refractivity contribution in [2.24, 2.45) is 0 Å². The van der Waals surface area contributed by atoms with Gasteiger partial charge in [-0.2, -0.15) is 0 Å². The molecule has 0 aliphatic carbocycles. The van der Waals surface area contributed by atoms with Crippen LogP contribution < -0.4 is 10.5 Å². The van der Waals surface area contributed by atoms with Gasteiger partial charge in [-0.1, -0.05) is 47.7 Å². The van der Waals surface area contributed by atoms with Gasteiger partial charge in [-0.3, -0.25) is 0 Å². The molecule has 2 heterocycles. The predicted octanol–water partition coefficient (Wildman–Crippen LogP) is 4.31. The highest BCUT2D eigenvalue weighted by atomic mass is 79.9. The van der Waals surface area contributed by atoms with Crippen LogP contribution in [-0.4, -0.2) is 20.0 Å². The summed E-state index contributed by atoms with van der Waals surface area (Å²) in [6.45, 7) is 1.15. The highest BCUT2D eigenvalue weighted by molar-refractivity contribution is 9.10. The van der Waals surface area contributed by atoms with Crippen LogP contribution in [0.2, 0.25) is 0 Å². The number of benzene rings is 2. The molecule has 140 valence electrons. The molecule has 0 aliphatic heterocycles. The van der Waals surface area contributed by atoms with Gasteiger partial charge in [0.05, 0.1) is 12.7 Å². The summed E-state index contributed by atoms with van der Waals surface area (Å²) in [6.07, 6.45) is 3.52. The van der Waals surface area contributed by atoms with Crippen LogP contribution in [0.25, 0.3) is 11.3 Å². The zero-order valence-corrected chi connectivity index (χ0v) is 16.6. The number of halogens is 1. The molecule has 0 fully saturated rings. The van der Waals surface area contributed by atoms with Crippen molar-refractivity contribution in [2.45, 2.75) is 13.2 Å². The van der Waals surface area contributed by atoms with Gasteiger partial charge in [-0.05, 0) is 45.3 Å². The minimum atomic E-state index is 0.426. The smallest absolute Gasteiger partial charge is 0.133 e. The second kappa shape index (κ2) is 8.22. The first-order valence-corrected chi connectivity index (χ1v) is 9.54. The van der Waals surface area contributed by atoms with Gasteiger partial charge in [0.2, 0.25) is 0 Å². The van der Waals surface area contributed by atoms with Crippen LogP contribution in [-0.2, 0) is 13.2 Å². The van der Waals surface area contributed by atoms with Crippen LogP contribution in [0.3, 0.4) is 0 Å². The topological polar surface area (TPSA) is 78.8 Å². The van der Waals surface area contributed by atoms with E-state index in [1.165, 1.54) is 0 Å². The molecule has 2 aromatic carbocycles. The van der Waals surface area contributed by atoms with Crippen LogP contribution in [0.5, 0.6) is 5.75 Å². The molecular weight excluding hydrogens is 418 g/mol. The quantitative estimate of drug-likeness (QED) is 0.487. The van der Waals surface area contributed by atoms with Crippen molar-refractivity contribution in [3.8, 4) is 17.0 Å². The van der Waals surface area contributed by atoms with E-state index in [1.807, 2.05) is 66.9 Å². The van der Waals surface area contributed by atoms with E-state index in [9.17, 15) is 0 Å². The number of ether oxygens (including phenoxy) is 1. The largest absolute Gasteiger partial charge is 0.489 e. The lowest BCUT2D eigenvalue weighted by atomic mass is 10.2. The molecule has 7 heteroatoms. The van der Waals surface area contributed by atoms with Gasteiger partial charge in [0, 0.05) is 16.2 Å². The number of nitrogen functional groups attached to an aromatic ring is 1. The second-order valence-electron chi connectivity index (χ2n) is 6.31. The fraction of sp³-hybridized carbons (Fsp3) is 0.0952. The summed E-state index contributed by atoms with van der Waals surface area (Å²) in [5.74, 6) is 1.26. The number of aromatic nitrogens is 4. The molecule has 4 rings (SSSR count).